The van der Waals surface area contributed by atoms with Gasteiger partial charge in [0, 0.05) is 25.0 Å². The van der Waals surface area contributed by atoms with Crippen molar-refractivity contribution in [2.24, 2.45) is 22.6 Å². The Labute approximate surface area is 85.7 Å². The van der Waals surface area contributed by atoms with Crippen molar-refractivity contribution in [2.75, 3.05) is 13.2 Å². The quantitative estimate of drug-likeness (QED) is 0.548. The monoisotopic (exact) mass is 196 g/mol. The van der Waals surface area contributed by atoms with Crippen molar-refractivity contribution in [3.05, 3.63) is 0 Å². The normalized spacial score (nSPS) is 33.6. The molecule has 3 nitrogen and oxygen atoms in total. The van der Waals surface area contributed by atoms with Crippen LogP contribution in [0.4, 0.5) is 0 Å². The molecule has 1 aliphatic heterocycles. The van der Waals surface area contributed by atoms with Gasteiger partial charge in [-0.15, -0.1) is 0 Å². The Bertz CT molecular complexity index is 223. The van der Waals surface area contributed by atoms with Gasteiger partial charge in [0.2, 0.25) is 0 Å². The highest BCUT2D eigenvalue weighted by Crippen LogP contribution is 2.29. The number of nitrogens with zero attached hydrogens (tertiary/aromatic N) is 1. The smallest absolute Gasteiger partial charge is 0.0968 e. The average Bonchev–Trinajstić information content (AvgIpc) is 2.94. The van der Waals surface area contributed by atoms with Crippen LogP contribution in [0, 0.1) is 11.8 Å². The lowest BCUT2D eigenvalue weighted by Gasteiger charge is -2.14. The SMILES string of the molecule is CCC1OCCC1CN=C(N)C1CC1. The first-order valence-corrected chi connectivity index (χ1v) is 5.72. The van der Waals surface area contributed by atoms with Crippen LogP contribution < -0.4 is 5.73 Å². The van der Waals surface area contributed by atoms with Gasteiger partial charge in [0.25, 0.3) is 0 Å². The molecule has 3 heteroatoms. The first-order valence-electron chi connectivity index (χ1n) is 5.72. The maximum absolute atomic E-state index is 5.85. The van der Waals surface area contributed by atoms with Gasteiger partial charge in [0.15, 0.2) is 0 Å². The third-order valence-corrected chi connectivity index (χ3v) is 3.25. The molecule has 1 aliphatic carbocycles. The van der Waals surface area contributed by atoms with E-state index < -0.39 is 0 Å². The molecule has 2 unspecified atom stereocenters. The summed E-state index contributed by atoms with van der Waals surface area (Å²) in [4.78, 5) is 4.48. The first kappa shape index (κ1) is 9.97. The van der Waals surface area contributed by atoms with Crippen molar-refractivity contribution in [3.63, 3.8) is 0 Å². The second-order valence-electron chi connectivity index (χ2n) is 4.41. The van der Waals surface area contributed by atoms with Gasteiger partial charge in [-0.1, -0.05) is 6.92 Å². The molecule has 1 saturated heterocycles. The van der Waals surface area contributed by atoms with Crippen LogP contribution >= 0.6 is 0 Å². The lowest BCUT2D eigenvalue weighted by Crippen LogP contribution is -2.21. The summed E-state index contributed by atoms with van der Waals surface area (Å²) in [6.07, 6.45) is 5.16. The van der Waals surface area contributed by atoms with Crippen LogP contribution in [0.15, 0.2) is 4.99 Å². The summed E-state index contributed by atoms with van der Waals surface area (Å²) in [6, 6.07) is 0. The van der Waals surface area contributed by atoms with Crippen molar-refractivity contribution < 1.29 is 4.74 Å². The Kier molecular flexibility index (Phi) is 3.06. The van der Waals surface area contributed by atoms with Gasteiger partial charge in [-0.25, -0.2) is 0 Å². The molecule has 0 bridgehead atoms. The minimum Gasteiger partial charge on any atom is -0.387 e. The fourth-order valence-corrected chi connectivity index (χ4v) is 2.08. The molecule has 0 aromatic heterocycles. The largest absolute Gasteiger partial charge is 0.387 e. The zero-order valence-corrected chi connectivity index (χ0v) is 8.91. The van der Waals surface area contributed by atoms with E-state index in [1.807, 2.05) is 0 Å². The number of aliphatic imine (C=N–C) groups is 1. The van der Waals surface area contributed by atoms with E-state index in [9.17, 15) is 0 Å². The van der Waals surface area contributed by atoms with Crippen LogP contribution in [0.25, 0.3) is 0 Å². The zero-order chi connectivity index (χ0) is 9.97. The van der Waals surface area contributed by atoms with Gasteiger partial charge in [0.1, 0.15) is 0 Å². The van der Waals surface area contributed by atoms with E-state index in [1.165, 1.54) is 12.8 Å². The molecule has 0 spiro atoms. The van der Waals surface area contributed by atoms with Gasteiger partial charge in [-0.2, -0.15) is 0 Å². The third kappa shape index (κ3) is 2.27. The summed E-state index contributed by atoms with van der Waals surface area (Å²) in [7, 11) is 0. The van der Waals surface area contributed by atoms with E-state index in [2.05, 4.69) is 11.9 Å². The lowest BCUT2D eigenvalue weighted by atomic mass is 10.00. The van der Waals surface area contributed by atoms with Crippen LogP contribution in [0.1, 0.15) is 32.6 Å². The van der Waals surface area contributed by atoms with Crippen LogP contribution in [-0.4, -0.2) is 25.1 Å². The first-order chi connectivity index (χ1) is 6.81. The topological polar surface area (TPSA) is 47.6 Å². The molecule has 0 aromatic rings. The lowest BCUT2D eigenvalue weighted by molar-refractivity contribution is 0.0893. The molecule has 2 atom stereocenters. The predicted molar refractivity (Wildman–Crippen MR) is 57.4 cm³/mol. The highest BCUT2D eigenvalue weighted by molar-refractivity contribution is 5.84. The number of amidine groups is 1. The Balaban J connectivity index is 1.81. The van der Waals surface area contributed by atoms with Crippen LogP contribution in [0.5, 0.6) is 0 Å². The molecule has 1 heterocycles. The summed E-state index contributed by atoms with van der Waals surface area (Å²) in [5.74, 6) is 2.10. The van der Waals surface area contributed by atoms with Gasteiger partial charge in [-0.05, 0) is 25.7 Å². The van der Waals surface area contributed by atoms with Gasteiger partial charge in [-0.3, -0.25) is 4.99 Å². The molecule has 0 aromatic carbocycles. The van der Waals surface area contributed by atoms with Crippen LogP contribution in [-0.2, 0) is 4.74 Å². The zero-order valence-electron chi connectivity index (χ0n) is 8.91. The number of rotatable bonds is 4. The molecular formula is C11H20N2O. The van der Waals surface area contributed by atoms with E-state index in [4.69, 9.17) is 10.5 Å². The summed E-state index contributed by atoms with van der Waals surface area (Å²) < 4.78 is 5.61. The molecule has 2 fully saturated rings. The Morgan fingerprint density at radius 3 is 2.86 bits per heavy atom. The molecule has 2 N–H and O–H groups in total. The molecule has 0 radical (unpaired) electrons. The minimum atomic E-state index is 0.422. The highest BCUT2D eigenvalue weighted by atomic mass is 16.5. The Morgan fingerprint density at radius 1 is 1.43 bits per heavy atom. The highest BCUT2D eigenvalue weighted by Gasteiger charge is 2.28. The van der Waals surface area contributed by atoms with Gasteiger partial charge >= 0.3 is 0 Å². The van der Waals surface area contributed by atoms with E-state index >= 15 is 0 Å². The van der Waals surface area contributed by atoms with E-state index in [0.717, 1.165) is 31.8 Å². The standard InChI is InChI=1S/C11H20N2O/c1-2-10-9(5-6-14-10)7-13-11(12)8-3-4-8/h8-10H,2-7H2,1H3,(H2,12,13). The molecule has 14 heavy (non-hydrogen) atoms. The average molecular weight is 196 g/mol. The fraction of sp³-hybridized carbons (Fsp3) is 0.909. The van der Waals surface area contributed by atoms with Crippen LogP contribution in [0.3, 0.4) is 0 Å². The van der Waals surface area contributed by atoms with E-state index in [1.54, 1.807) is 0 Å². The molecule has 1 saturated carbocycles. The molecule has 0 amide bonds. The minimum absolute atomic E-state index is 0.422. The number of nitrogens with two attached hydrogens (primary N) is 1. The summed E-state index contributed by atoms with van der Waals surface area (Å²) in [6.45, 7) is 3.96. The van der Waals surface area contributed by atoms with Crippen molar-refractivity contribution in [2.45, 2.75) is 38.7 Å². The Hall–Kier alpha value is -0.570. The fourth-order valence-electron chi connectivity index (χ4n) is 2.08. The van der Waals surface area contributed by atoms with Gasteiger partial charge in [0.05, 0.1) is 11.9 Å². The van der Waals surface area contributed by atoms with Crippen molar-refractivity contribution in [1.29, 1.82) is 0 Å². The molecule has 2 rings (SSSR count). The van der Waals surface area contributed by atoms with Crippen molar-refractivity contribution in [1.82, 2.24) is 0 Å². The molecule has 80 valence electrons. The Morgan fingerprint density at radius 2 is 2.21 bits per heavy atom. The van der Waals surface area contributed by atoms with E-state index in [0.29, 0.717) is 17.9 Å². The number of hydrogen-bond acceptors (Lipinski definition) is 2. The number of hydrogen-bond donors (Lipinski definition) is 1. The van der Waals surface area contributed by atoms with Gasteiger partial charge < -0.3 is 10.5 Å². The second kappa shape index (κ2) is 4.30. The summed E-state index contributed by atoms with van der Waals surface area (Å²) in [5, 5.41) is 0. The third-order valence-electron chi connectivity index (χ3n) is 3.25. The summed E-state index contributed by atoms with van der Waals surface area (Å²) in [5.41, 5.74) is 5.85. The predicted octanol–water partition coefficient (Wildman–Crippen LogP) is 1.57. The maximum Gasteiger partial charge on any atom is 0.0968 e. The van der Waals surface area contributed by atoms with Crippen LogP contribution in [0.2, 0.25) is 0 Å². The molecule has 2 aliphatic rings. The maximum atomic E-state index is 5.85. The van der Waals surface area contributed by atoms with Crippen molar-refractivity contribution in [3.8, 4) is 0 Å². The molecular weight excluding hydrogens is 176 g/mol. The number of ether oxygens (including phenoxy) is 1. The van der Waals surface area contributed by atoms with E-state index in [-0.39, 0.29) is 0 Å². The second-order valence-corrected chi connectivity index (χ2v) is 4.41. The summed E-state index contributed by atoms with van der Waals surface area (Å²) >= 11 is 0. The van der Waals surface area contributed by atoms with Crippen molar-refractivity contribution >= 4 is 5.84 Å².